The lowest BCUT2D eigenvalue weighted by Crippen LogP contribution is -2.33. The molecule has 12 heavy (non-hydrogen) atoms. The van der Waals surface area contributed by atoms with Crippen LogP contribution < -0.4 is 0 Å². The van der Waals surface area contributed by atoms with Crippen LogP contribution in [0.25, 0.3) is 0 Å². The Hall–Kier alpha value is -0.700. The zero-order valence-corrected chi connectivity index (χ0v) is 8.08. The van der Waals surface area contributed by atoms with Gasteiger partial charge in [0.2, 0.25) is 0 Å². The third-order valence-electron chi connectivity index (χ3n) is 1.27. The Morgan fingerprint density at radius 3 is 2.50 bits per heavy atom. The van der Waals surface area contributed by atoms with Crippen LogP contribution in [0.15, 0.2) is 9.98 Å². The van der Waals surface area contributed by atoms with Crippen molar-refractivity contribution in [2.24, 2.45) is 9.98 Å². The molecule has 0 radical (unpaired) electrons. The second-order valence-corrected chi connectivity index (χ2v) is 3.11. The highest BCUT2D eigenvalue weighted by Gasteiger charge is 1.98. The van der Waals surface area contributed by atoms with E-state index in [1.165, 1.54) is 0 Å². The molecule has 0 heterocycles. The van der Waals surface area contributed by atoms with Crippen molar-refractivity contribution in [1.29, 1.82) is 0 Å². The van der Waals surface area contributed by atoms with Crippen molar-refractivity contribution in [1.82, 2.24) is 0 Å². The zero-order chi connectivity index (χ0) is 9.45. The van der Waals surface area contributed by atoms with Crippen LogP contribution in [-0.4, -0.2) is 44.4 Å². The summed E-state index contributed by atoms with van der Waals surface area (Å²) < 4.78 is -0.250. The molecule has 0 amide bonds. The molecule has 0 fully saturated rings. The third kappa shape index (κ3) is 9.30. The standard InChI is InChI=1S/C8H17N3O/c1-4-9-8-10-6-5-7-11(2,3)12/h4-7H2,1-3H3. The Morgan fingerprint density at radius 1 is 1.33 bits per heavy atom. The molecule has 4 nitrogen and oxygen atoms in total. The first-order chi connectivity index (χ1) is 5.56. The summed E-state index contributed by atoms with van der Waals surface area (Å²) in [5.74, 6) is 0. The summed E-state index contributed by atoms with van der Waals surface area (Å²) in [6.07, 6.45) is 0.794. The quantitative estimate of drug-likeness (QED) is 0.265. The predicted molar refractivity (Wildman–Crippen MR) is 50.2 cm³/mol. The number of nitrogens with zero attached hydrogens (tertiary/aromatic N) is 3. The van der Waals surface area contributed by atoms with Crippen molar-refractivity contribution < 1.29 is 4.65 Å². The number of aliphatic imine (C=N–C) groups is 2. The van der Waals surface area contributed by atoms with Crippen LogP contribution in [0.1, 0.15) is 13.3 Å². The zero-order valence-electron chi connectivity index (χ0n) is 8.08. The van der Waals surface area contributed by atoms with E-state index in [0.29, 0.717) is 19.6 Å². The smallest absolute Gasteiger partial charge is 0.0892 e. The molecule has 0 saturated carbocycles. The molecule has 70 valence electrons. The number of hydroxylamine groups is 3. The molecule has 0 saturated heterocycles. The Morgan fingerprint density at radius 2 is 2.00 bits per heavy atom. The lowest BCUT2D eigenvalue weighted by molar-refractivity contribution is -0.840. The molecule has 0 atom stereocenters. The van der Waals surface area contributed by atoms with Gasteiger partial charge in [0.25, 0.3) is 0 Å². The van der Waals surface area contributed by atoms with E-state index in [9.17, 15) is 5.21 Å². The van der Waals surface area contributed by atoms with E-state index in [2.05, 4.69) is 16.0 Å². The molecule has 0 aliphatic rings. The highest BCUT2D eigenvalue weighted by atomic mass is 16.5. The molecule has 0 unspecified atom stereocenters. The van der Waals surface area contributed by atoms with Gasteiger partial charge in [0, 0.05) is 13.0 Å². The number of rotatable bonds is 5. The second kappa shape index (κ2) is 5.89. The third-order valence-corrected chi connectivity index (χ3v) is 1.27. The molecule has 0 spiro atoms. The van der Waals surface area contributed by atoms with Crippen molar-refractivity contribution in [3.63, 3.8) is 0 Å². The van der Waals surface area contributed by atoms with E-state index >= 15 is 0 Å². The first kappa shape index (κ1) is 11.3. The van der Waals surface area contributed by atoms with Gasteiger partial charge in [-0.25, -0.2) is 9.98 Å². The average molecular weight is 171 g/mol. The van der Waals surface area contributed by atoms with Gasteiger partial charge in [-0.3, -0.25) is 0 Å². The van der Waals surface area contributed by atoms with Gasteiger partial charge in [0.1, 0.15) is 0 Å². The topological polar surface area (TPSA) is 47.8 Å². The van der Waals surface area contributed by atoms with E-state index < -0.39 is 0 Å². The maximum atomic E-state index is 11.0. The Balaban J connectivity index is 3.39. The minimum absolute atomic E-state index is 0.250. The molecule has 0 rings (SSSR count). The minimum Gasteiger partial charge on any atom is -0.633 e. The second-order valence-electron chi connectivity index (χ2n) is 3.11. The van der Waals surface area contributed by atoms with Crippen molar-refractivity contribution in [3.8, 4) is 0 Å². The van der Waals surface area contributed by atoms with Gasteiger partial charge >= 0.3 is 0 Å². The van der Waals surface area contributed by atoms with E-state index in [0.717, 1.165) is 6.42 Å². The van der Waals surface area contributed by atoms with Crippen LogP contribution in [0, 0.1) is 5.21 Å². The number of hydrogen-bond donors (Lipinski definition) is 0. The predicted octanol–water partition coefficient (Wildman–Crippen LogP) is 1.14. The van der Waals surface area contributed by atoms with Crippen LogP contribution in [0.4, 0.5) is 0 Å². The van der Waals surface area contributed by atoms with Crippen LogP contribution in [0.2, 0.25) is 0 Å². The first-order valence-electron chi connectivity index (χ1n) is 4.18. The molecule has 0 aromatic carbocycles. The average Bonchev–Trinajstić information content (AvgIpc) is 1.94. The fourth-order valence-corrected chi connectivity index (χ4v) is 0.701. The van der Waals surface area contributed by atoms with Gasteiger partial charge in [0.15, 0.2) is 0 Å². The Bertz CT molecular complexity index is 166. The molecular formula is C8H17N3O. The fourth-order valence-electron chi connectivity index (χ4n) is 0.701. The lowest BCUT2D eigenvalue weighted by atomic mass is 10.4. The largest absolute Gasteiger partial charge is 0.633 e. The Labute approximate surface area is 73.8 Å². The van der Waals surface area contributed by atoms with Gasteiger partial charge in [-0.1, -0.05) is 0 Å². The highest BCUT2D eigenvalue weighted by molar-refractivity contribution is 5.40. The van der Waals surface area contributed by atoms with E-state index in [1.54, 1.807) is 14.1 Å². The SMILES string of the molecule is CCN=C=NCCC[N+](C)(C)[O-]. The van der Waals surface area contributed by atoms with Crippen LogP contribution in [-0.2, 0) is 0 Å². The molecule has 4 heteroatoms. The maximum Gasteiger partial charge on any atom is 0.0892 e. The monoisotopic (exact) mass is 171 g/mol. The molecule has 0 bridgehead atoms. The molecule has 0 aromatic heterocycles. The van der Waals surface area contributed by atoms with Gasteiger partial charge in [0.05, 0.1) is 33.2 Å². The normalized spacial score (nSPS) is 10.7. The minimum atomic E-state index is -0.250. The van der Waals surface area contributed by atoms with Crippen molar-refractivity contribution in [3.05, 3.63) is 5.21 Å². The molecule has 0 N–H and O–H groups in total. The van der Waals surface area contributed by atoms with Crippen LogP contribution in [0.5, 0.6) is 0 Å². The summed E-state index contributed by atoms with van der Waals surface area (Å²) in [5, 5.41) is 11.0. The van der Waals surface area contributed by atoms with Crippen molar-refractivity contribution in [2.45, 2.75) is 13.3 Å². The summed E-state index contributed by atoms with van der Waals surface area (Å²) in [4.78, 5) is 7.70. The molecule has 0 aromatic rings. The van der Waals surface area contributed by atoms with Crippen molar-refractivity contribution >= 4 is 6.01 Å². The summed E-state index contributed by atoms with van der Waals surface area (Å²) in [6.45, 7) is 3.89. The number of quaternary nitrogens is 1. The first-order valence-corrected chi connectivity index (χ1v) is 4.18. The van der Waals surface area contributed by atoms with Gasteiger partial charge in [-0.15, -0.1) is 0 Å². The summed E-state index contributed by atoms with van der Waals surface area (Å²) >= 11 is 0. The number of hydrogen-bond acceptors (Lipinski definition) is 3. The highest BCUT2D eigenvalue weighted by Crippen LogP contribution is 1.94. The summed E-state index contributed by atoms with van der Waals surface area (Å²) in [5.41, 5.74) is 0. The van der Waals surface area contributed by atoms with Gasteiger partial charge in [-0.2, -0.15) is 0 Å². The fraction of sp³-hybridized carbons (Fsp3) is 0.875. The van der Waals surface area contributed by atoms with Gasteiger partial charge in [-0.05, 0) is 6.92 Å². The molecule has 0 aliphatic carbocycles. The van der Waals surface area contributed by atoms with E-state index in [4.69, 9.17) is 0 Å². The summed E-state index contributed by atoms with van der Waals surface area (Å²) in [6, 6.07) is 2.56. The lowest BCUT2D eigenvalue weighted by Gasteiger charge is -2.33. The van der Waals surface area contributed by atoms with Crippen molar-refractivity contribution in [2.75, 3.05) is 33.7 Å². The van der Waals surface area contributed by atoms with E-state index in [1.807, 2.05) is 6.92 Å². The molecular weight excluding hydrogens is 154 g/mol. The maximum absolute atomic E-state index is 11.0. The molecule has 0 aliphatic heterocycles. The van der Waals surface area contributed by atoms with E-state index in [-0.39, 0.29) is 4.65 Å². The summed E-state index contributed by atoms with van der Waals surface area (Å²) in [7, 11) is 3.26. The van der Waals surface area contributed by atoms with Gasteiger partial charge < -0.3 is 9.85 Å². The Kier molecular flexibility index (Phi) is 5.54. The van der Waals surface area contributed by atoms with Crippen LogP contribution in [0.3, 0.4) is 0 Å². The van der Waals surface area contributed by atoms with Crippen LogP contribution >= 0.6 is 0 Å².